The van der Waals surface area contributed by atoms with E-state index >= 15 is 0 Å². The number of hydrogen-bond acceptors (Lipinski definition) is 4. The van der Waals surface area contributed by atoms with Crippen LogP contribution in [0.2, 0.25) is 0 Å². The van der Waals surface area contributed by atoms with Gasteiger partial charge in [0.25, 0.3) is 10.0 Å². The maximum atomic E-state index is 12.3. The molecule has 1 aromatic heterocycles. The van der Waals surface area contributed by atoms with E-state index in [4.69, 9.17) is 0 Å². The van der Waals surface area contributed by atoms with Gasteiger partial charge in [0.05, 0.1) is 6.33 Å². The number of nitrogens with one attached hydrogen (secondary N) is 1. The molecule has 2 rings (SSSR count). The van der Waals surface area contributed by atoms with Crippen molar-refractivity contribution >= 4 is 10.0 Å². The van der Waals surface area contributed by atoms with Crippen molar-refractivity contribution in [2.45, 2.75) is 56.6 Å². The molecular weight excluding hydrogens is 278 g/mol. The Morgan fingerprint density at radius 3 is 2.75 bits per heavy atom. The fourth-order valence-corrected chi connectivity index (χ4v) is 3.86. The summed E-state index contributed by atoms with van der Waals surface area (Å²) in [6.45, 7) is 3.95. The molecule has 0 radical (unpaired) electrons. The minimum atomic E-state index is -3.61. The second-order valence-corrected chi connectivity index (χ2v) is 7.37. The predicted octanol–water partition coefficient (Wildman–Crippen LogP) is 1.29. The van der Waals surface area contributed by atoms with E-state index in [1.165, 1.54) is 6.33 Å². The molecule has 2 unspecified atom stereocenters. The van der Waals surface area contributed by atoms with E-state index in [1.807, 2.05) is 13.8 Å². The maximum Gasteiger partial charge on any atom is 0.259 e. The van der Waals surface area contributed by atoms with Crippen molar-refractivity contribution in [1.82, 2.24) is 14.3 Å². The first-order valence-corrected chi connectivity index (χ1v) is 8.59. The second-order valence-electron chi connectivity index (χ2n) is 5.71. The van der Waals surface area contributed by atoms with Gasteiger partial charge in [0.15, 0.2) is 5.03 Å². The Labute approximate surface area is 120 Å². The van der Waals surface area contributed by atoms with E-state index < -0.39 is 10.0 Å². The Balaban J connectivity index is 2.13. The maximum absolute atomic E-state index is 12.3. The lowest BCUT2D eigenvalue weighted by Gasteiger charge is -2.30. The first-order valence-electron chi connectivity index (χ1n) is 7.10. The third-order valence-electron chi connectivity index (χ3n) is 3.90. The van der Waals surface area contributed by atoms with Gasteiger partial charge in [-0.15, -0.1) is 0 Å². The van der Waals surface area contributed by atoms with Crippen LogP contribution in [0, 0.1) is 5.92 Å². The van der Waals surface area contributed by atoms with Crippen LogP contribution in [0.5, 0.6) is 0 Å². The molecule has 20 heavy (non-hydrogen) atoms. The third-order valence-corrected chi connectivity index (χ3v) is 5.27. The number of sulfonamides is 1. The number of hydrogen-bond donors (Lipinski definition) is 2. The van der Waals surface area contributed by atoms with Gasteiger partial charge < -0.3 is 9.67 Å². The van der Waals surface area contributed by atoms with Gasteiger partial charge in [0.2, 0.25) is 0 Å². The molecule has 2 atom stereocenters. The molecule has 1 fully saturated rings. The van der Waals surface area contributed by atoms with E-state index in [-0.39, 0.29) is 29.6 Å². The number of imidazole rings is 1. The molecule has 0 spiro atoms. The molecule has 1 aliphatic carbocycles. The lowest BCUT2D eigenvalue weighted by molar-refractivity contribution is 0.164. The highest BCUT2D eigenvalue weighted by molar-refractivity contribution is 7.89. The van der Waals surface area contributed by atoms with Crippen LogP contribution >= 0.6 is 0 Å². The van der Waals surface area contributed by atoms with Crippen LogP contribution in [0.25, 0.3) is 0 Å². The van der Waals surface area contributed by atoms with E-state index in [9.17, 15) is 13.5 Å². The van der Waals surface area contributed by atoms with Gasteiger partial charge in [0.1, 0.15) is 0 Å². The minimum Gasteiger partial charge on any atom is -0.396 e. The molecule has 0 amide bonds. The highest BCUT2D eigenvalue weighted by atomic mass is 32.2. The summed E-state index contributed by atoms with van der Waals surface area (Å²) in [5, 5.41) is 9.40. The molecule has 7 heteroatoms. The number of rotatable bonds is 5. The smallest absolute Gasteiger partial charge is 0.259 e. The summed E-state index contributed by atoms with van der Waals surface area (Å²) < 4.78 is 29.1. The molecule has 1 saturated carbocycles. The third kappa shape index (κ3) is 3.39. The molecule has 0 aromatic carbocycles. The number of nitrogens with zero attached hydrogens (tertiary/aromatic N) is 2. The van der Waals surface area contributed by atoms with Crippen LogP contribution in [0.1, 0.15) is 45.6 Å². The molecule has 1 aromatic rings. The molecular formula is C13H23N3O3S. The van der Waals surface area contributed by atoms with Crippen LogP contribution in [-0.2, 0) is 10.0 Å². The summed E-state index contributed by atoms with van der Waals surface area (Å²) >= 11 is 0. The summed E-state index contributed by atoms with van der Waals surface area (Å²) in [6, 6.07) is -0.0192. The van der Waals surface area contributed by atoms with Crippen LogP contribution < -0.4 is 4.72 Å². The standard InChI is InChI=1S/C13H23N3O3S/c1-10(2)16-7-13(14-9-16)20(18,19)15-12-6-4-3-5-11(12)8-17/h7,9-12,15,17H,3-6,8H2,1-2H3. The predicted molar refractivity (Wildman–Crippen MR) is 75.8 cm³/mol. The Morgan fingerprint density at radius 2 is 2.15 bits per heavy atom. The van der Waals surface area contributed by atoms with Crippen molar-refractivity contribution in [2.24, 2.45) is 5.92 Å². The molecule has 0 saturated heterocycles. The van der Waals surface area contributed by atoms with Crippen LogP contribution in [-0.4, -0.2) is 35.7 Å². The zero-order valence-electron chi connectivity index (χ0n) is 12.0. The number of aliphatic hydroxyl groups excluding tert-OH is 1. The van der Waals surface area contributed by atoms with Crippen molar-refractivity contribution in [2.75, 3.05) is 6.61 Å². The quantitative estimate of drug-likeness (QED) is 0.858. The Kier molecular flexibility index (Phi) is 4.82. The summed E-state index contributed by atoms with van der Waals surface area (Å²) in [4.78, 5) is 3.98. The first-order chi connectivity index (χ1) is 9.44. The Hall–Kier alpha value is -0.920. The summed E-state index contributed by atoms with van der Waals surface area (Å²) in [6.07, 6.45) is 6.75. The highest BCUT2D eigenvalue weighted by Crippen LogP contribution is 2.25. The average Bonchev–Trinajstić information content (AvgIpc) is 2.89. The van der Waals surface area contributed by atoms with Crippen LogP contribution in [0.15, 0.2) is 17.6 Å². The molecule has 6 nitrogen and oxygen atoms in total. The van der Waals surface area contributed by atoms with E-state index in [0.29, 0.717) is 0 Å². The van der Waals surface area contributed by atoms with Gasteiger partial charge >= 0.3 is 0 Å². The molecule has 0 aliphatic heterocycles. The second kappa shape index (κ2) is 6.24. The molecule has 1 heterocycles. The summed E-state index contributed by atoms with van der Waals surface area (Å²) in [5.74, 6) is 0.00529. The zero-order chi connectivity index (χ0) is 14.8. The Morgan fingerprint density at radius 1 is 1.45 bits per heavy atom. The SMILES string of the molecule is CC(C)n1cnc(S(=O)(=O)NC2CCCCC2CO)c1. The van der Waals surface area contributed by atoms with E-state index in [0.717, 1.165) is 25.7 Å². The van der Waals surface area contributed by atoms with Gasteiger partial charge in [-0.05, 0) is 32.6 Å². The molecule has 114 valence electrons. The number of aliphatic hydroxyl groups is 1. The summed E-state index contributed by atoms with van der Waals surface area (Å²) in [5.41, 5.74) is 0. The van der Waals surface area contributed by atoms with E-state index in [1.54, 1.807) is 10.8 Å². The Bertz CT molecular complexity index is 539. The topological polar surface area (TPSA) is 84.2 Å². The normalized spacial score (nSPS) is 24.2. The highest BCUT2D eigenvalue weighted by Gasteiger charge is 2.30. The van der Waals surface area contributed by atoms with E-state index in [2.05, 4.69) is 9.71 Å². The molecule has 1 aliphatic rings. The van der Waals surface area contributed by atoms with Gasteiger partial charge in [-0.25, -0.2) is 18.1 Å². The minimum absolute atomic E-state index is 0.00529. The van der Waals surface area contributed by atoms with Gasteiger partial charge in [-0.1, -0.05) is 12.8 Å². The lowest BCUT2D eigenvalue weighted by atomic mass is 9.86. The molecule has 0 bridgehead atoms. The molecule has 2 N–H and O–H groups in total. The van der Waals surface area contributed by atoms with Crippen molar-refractivity contribution in [1.29, 1.82) is 0 Å². The van der Waals surface area contributed by atoms with Crippen LogP contribution in [0.3, 0.4) is 0 Å². The first kappa shape index (κ1) is 15.5. The van der Waals surface area contributed by atoms with Gasteiger partial charge in [-0.3, -0.25) is 0 Å². The van der Waals surface area contributed by atoms with Crippen molar-refractivity contribution in [3.8, 4) is 0 Å². The van der Waals surface area contributed by atoms with Crippen molar-refractivity contribution in [3.05, 3.63) is 12.5 Å². The number of aromatic nitrogens is 2. The monoisotopic (exact) mass is 301 g/mol. The van der Waals surface area contributed by atoms with Crippen molar-refractivity contribution < 1.29 is 13.5 Å². The van der Waals surface area contributed by atoms with Gasteiger partial charge in [-0.2, -0.15) is 0 Å². The summed E-state index contributed by atoms with van der Waals surface area (Å²) in [7, 11) is -3.61. The van der Waals surface area contributed by atoms with Gasteiger partial charge in [0, 0.05) is 24.9 Å². The van der Waals surface area contributed by atoms with Crippen molar-refractivity contribution in [3.63, 3.8) is 0 Å². The lowest BCUT2D eigenvalue weighted by Crippen LogP contribution is -2.43. The van der Waals surface area contributed by atoms with Crippen LogP contribution in [0.4, 0.5) is 0 Å². The zero-order valence-corrected chi connectivity index (χ0v) is 12.8. The fraction of sp³-hybridized carbons (Fsp3) is 0.769. The largest absolute Gasteiger partial charge is 0.396 e. The average molecular weight is 301 g/mol. The fourth-order valence-electron chi connectivity index (χ4n) is 2.58.